The van der Waals surface area contributed by atoms with Gasteiger partial charge in [0.05, 0.1) is 45.0 Å². The number of hydrogen-bond acceptors (Lipinski definition) is 6. The highest BCUT2D eigenvalue weighted by Gasteiger charge is 2.25. The van der Waals surface area contributed by atoms with E-state index in [9.17, 15) is 4.79 Å². The first kappa shape index (κ1) is 21.5. The zero-order valence-corrected chi connectivity index (χ0v) is 17.5. The first-order valence-corrected chi connectivity index (χ1v) is 10.3. The fraction of sp³-hybridized carbons (Fsp3) is 0.417. The maximum atomic E-state index is 11.8. The van der Waals surface area contributed by atoms with Crippen molar-refractivity contribution in [3.05, 3.63) is 53.1 Å². The number of methoxy groups -OCH3 is 1. The topological polar surface area (TPSA) is 77.8 Å². The van der Waals surface area contributed by atoms with Crippen molar-refractivity contribution in [1.29, 1.82) is 5.26 Å². The first-order valence-electron chi connectivity index (χ1n) is 10.3. The van der Waals surface area contributed by atoms with Crippen LogP contribution < -0.4 is 14.2 Å². The highest BCUT2D eigenvalue weighted by atomic mass is 16.5. The van der Waals surface area contributed by atoms with E-state index < -0.39 is 0 Å². The van der Waals surface area contributed by atoms with Gasteiger partial charge in [0.1, 0.15) is 5.75 Å². The van der Waals surface area contributed by atoms with Crippen molar-refractivity contribution in [2.45, 2.75) is 38.5 Å². The van der Waals surface area contributed by atoms with Crippen LogP contribution in [-0.4, -0.2) is 32.9 Å². The zero-order valence-electron chi connectivity index (χ0n) is 17.5. The largest absolute Gasteiger partial charge is 0.493 e. The summed E-state index contributed by atoms with van der Waals surface area (Å²) < 4.78 is 22.0. The number of ether oxygens (including phenoxy) is 4. The molecule has 0 radical (unpaired) electrons. The molecule has 1 atom stereocenters. The number of nitrogens with zero attached hydrogens (tertiary/aromatic N) is 1. The molecule has 0 heterocycles. The van der Waals surface area contributed by atoms with Crippen LogP contribution in [0, 0.1) is 11.3 Å². The number of nitriles is 1. The molecule has 0 N–H and O–H groups in total. The molecular formula is C24H27NO5. The lowest BCUT2D eigenvalue weighted by Crippen LogP contribution is -2.08. The summed E-state index contributed by atoms with van der Waals surface area (Å²) in [6.45, 7) is 3.27. The van der Waals surface area contributed by atoms with Gasteiger partial charge in [-0.25, -0.2) is 0 Å². The predicted octanol–water partition coefficient (Wildman–Crippen LogP) is 4.40. The number of benzene rings is 2. The van der Waals surface area contributed by atoms with E-state index in [-0.39, 0.29) is 11.9 Å². The van der Waals surface area contributed by atoms with Crippen molar-refractivity contribution in [2.75, 3.05) is 26.9 Å². The van der Waals surface area contributed by atoms with Crippen LogP contribution in [0.1, 0.15) is 48.8 Å². The Morgan fingerprint density at radius 1 is 1.13 bits per heavy atom. The molecule has 1 aliphatic rings. The van der Waals surface area contributed by atoms with Crippen LogP contribution in [0.15, 0.2) is 36.4 Å². The maximum Gasteiger partial charge on any atom is 0.306 e. The highest BCUT2D eigenvalue weighted by molar-refractivity contribution is 5.71. The van der Waals surface area contributed by atoms with Gasteiger partial charge in [0.2, 0.25) is 0 Å². The second-order valence-corrected chi connectivity index (χ2v) is 7.13. The Labute approximate surface area is 177 Å². The van der Waals surface area contributed by atoms with E-state index >= 15 is 0 Å². The summed E-state index contributed by atoms with van der Waals surface area (Å²) >= 11 is 0. The number of esters is 1. The summed E-state index contributed by atoms with van der Waals surface area (Å²) in [4.78, 5) is 11.8. The summed E-state index contributed by atoms with van der Waals surface area (Å²) in [5, 5.41) is 8.95. The Kier molecular flexibility index (Phi) is 7.56. The minimum absolute atomic E-state index is 0.130. The summed E-state index contributed by atoms with van der Waals surface area (Å²) in [6.07, 6.45) is 3.08. The lowest BCUT2D eigenvalue weighted by Gasteiger charge is -2.13. The molecular weight excluding hydrogens is 382 g/mol. The standard InChI is InChI=1S/C24H27NO5/c1-3-28-24(26)15-19-7-6-18-14-20(8-9-21(18)19)29-11-4-12-30-22-10-5-17(16-25)13-23(22)27-2/h5,8-10,13-14,19H,3-4,6-7,11-12,15H2,1-2H3/t19-/m0/s1. The minimum atomic E-state index is -0.130. The molecule has 0 spiro atoms. The van der Waals surface area contributed by atoms with Crippen LogP contribution in [0.25, 0.3) is 0 Å². The van der Waals surface area contributed by atoms with Gasteiger partial charge in [-0.05, 0) is 61.1 Å². The van der Waals surface area contributed by atoms with E-state index in [0.717, 1.165) is 18.6 Å². The van der Waals surface area contributed by atoms with E-state index in [0.29, 0.717) is 49.7 Å². The molecule has 2 aromatic rings. The lowest BCUT2D eigenvalue weighted by molar-refractivity contribution is -0.143. The van der Waals surface area contributed by atoms with Gasteiger partial charge < -0.3 is 18.9 Å². The van der Waals surface area contributed by atoms with Crippen LogP contribution in [0.3, 0.4) is 0 Å². The number of fused-ring (bicyclic) bond motifs is 1. The van der Waals surface area contributed by atoms with Crippen LogP contribution >= 0.6 is 0 Å². The smallest absolute Gasteiger partial charge is 0.306 e. The molecule has 3 rings (SSSR count). The van der Waals surface area contributed by atoms with Crippen LogP contribution in [-0.2, 0) is 16.0 Å². The van der Waals surface area contributed by atoms with Gasteiger partial charge in [-0.15, -0.1) is 0 Å². The van der Waals surface area contributed by atoms with Crippen molar-refractivity contribution in [2.24, 2.45) is 0 Å². The molecule has 0 aliphatic heterocycles. The van der Waals surface area contributed by atoms with Gasteiger partial charge in [-0.2, -0.15) is 5.26 Å². The van der Waals surface area contributed by atoms with Crippen molar-refractivity contribution in [3.63, 3.8) is 0 Å². The van der Waals surface area contributed by atoms with Gasteiger partial charge in [0, 0.05) is 12.5 Å². The van der Waals surface area contributed by atoms with E-state index in [4.69, 9.17) is 24.2 Å². The van der Waals surface area contributed by atoms with Gasteiger partial charge in [0.15, 0.2) is 11.5 Å². The van der Waals surface area contributed by atoms with Gasteiger partial charge in [-0.3, -0.25) is 4.79 Å². The fourth-order valence-corrected chi connectivity index (χ4v) is 3.69. The predicted molar refractivity (Wildman–Crippen MR) is 112 cm³/mol. The molecule has 1 aliphatic carbocycles. The second-order valence-electron chi connectivity index (χ2n) is 7.13. The zero-order chi connectivity index (χ0) is 21.3. The summed E-state index contributed by atoms with van der Waals surface area (Å²) in [5.41, 5.74) is 3.01. The normalized spacial score (nSPS) is 14.5. The Morgan fingerprint density at radius 2 is 1.97 bits per heavy atom. The molecule has 0 saturated heterocycles. The summed E-state index contributed by atoms with van der Waals surface area (Å²) in [5.74, 6) is 2.10. The molecule has 0 amide bonds. The molecule has 6 heteroatoms. The number of hydrogen-bond donors (Lipinski definition) is 0. The molecule has 0 aromatic heterocycles. The minimum Gasteiger partial charge on any atom is -0.493 e. The SMILES string of the molecule is CCOC(=O)C[C@@H]1CCc2cc(OCCCOc3ccc(C#N)cc3OC)ccc21. The third-order valence-electron chi connectivity index (χ3n) is 5.14. The average molecular weight is 409 g/mol. The van der Waals surface area contributed by atoms with Gasteiger partial charge in [-0.1, -0.05) is 6.07 Å². The Hall–Kier alpha value is -3.20. The van der Waals surface area contributed by atoms with E-state index in [1.807, 2.05) is 13.0 Å². The monoisotopic (exact) mass is 409 g/mol. The fourth-order valence-electron chi connectivity index (χ4n) is 3.69. The summed E-state index contributed by atoms with van der Waals surface area (Å²) in [6, 6.07) is 13.3. The highest BCUT2D eigenvalue weighted by Crippen LogP contribution is 2.37. The lowest BCUT2D eigenvalue weighted by atomic mass is 9.98. The first-order chi connectivity index (χ1) is 14.6. The van der Waals surface area contributed by atoms with Crippen molar-refractivity contribution in [1.82, 2.24) is 0 Å². The van der Waals surface area contributed by atoms with E-state index in [2.05, 4.69) is 18.2 Å². The van der Waals surface area contributed by atoms with Crippen molar-refractivity contribution < 1.29 is 23.7 Å². The number of carbonyl (C=O) groups excluding carboxylic acids is 1. The number of carbonyl (C=O) groups is 1. The average Bonchev–Trinajstić information content (AvgIpc) is 3.15. The maximum absolute atomic E-state index is 11.8. The van der Waals surface area contributed by atoms with E-state index in [1.165, 1.54) is 11.1 Å². The van der Waals surface area contributed by atoms with Crippen LogP contribution in [0.2, 0.25) is 0 Å². The Bertz CT molecular complexity index is 918. The quantitative estimate of drug-likeness (QED) is 0.428. The Balaban J connectivity index is 1.45. The van der Waals surface area contributed by atoms with E-state index in [1.54, 1.807) is 25.3 Å². The van der Waals surface area contributed by atoms with Gasteiger partial charge in [0.25, 0.3) is 0 Å². The van der Waals surface area contributed by atoms with Crippen LogP contribution in [0.4, 0.5) is 0 Å². The molecule has 0 bridgehead atoms. The van der Waals surface area contributed by atoms with Crippen molar-refractivity contribution in [3.8, 4) is 23.3 Å². The molecule has 0 unspecified atom stereocenters. The molecule has 0 fully saturated rings. The number of aryl methyl sites for hydroxylation is 1. The molecule has 6 nitrogen and oxygen atoms in total. The third kappa shape index (κ3) is 5.44. The van der Waals surface area contributed by atoms with Crippen LogP contribution in [0.5, 0.6) is 17.2 Å². The molecule has 158 valence electrons. The number of rotatable bonds is 10. The summed E-state index contributed by atoms with van der Waals surface area (Å²) in [7, 11) is 1.55. The molecule has 2 aromatic carbocycles. The Morgan fingerprint density at radius 3 is 2.73 bits per heavy atom. The van der Waals surface area contributed by atoms with Gasteiger partial charge >= 0.3 is 5.97 Å². The molecule has 0 saturated carbocycles. The second kappa shape index (κ2) is 10.5. The third-order valence-corrected chi connectivity index (χ3v) is 5.14. The molecule has 30 heavy (non-hydrogen) atoms. The van der Waals surface area contributed by atoms with Crippen molar-refractivity contribution >= 4 is 5.97 Å².